The summed E-state index contributed by atoms with van der Waals surface area (Å²) in [5.41, 5.74) is 2.01. The summed E-state index contributed by atoms with van der Waals surface area (Å²) < 4.78 is 0. The minimum absolute atomic E-state index is 0.0432. The van der Waals surface area contributed by atoms with Crippen molar-refractivity contribution in [1.82, 2.24) is 9.80 Å². The number of hydrogen-bond acceptors (Lipinski definition) is 3. The molecule has 0 radical (unpaired) electrons. The summed E-state index contributed by atoms with van der Waals surface area (Å²) in [6, 6.07) is 7.83. The normalized spacial score (nSPS) is 21.1. The van der Waals surface area contributed by atoms with Crippen LogP contribution in [0.5, 0.6) is 0 Å². The number of amides is 3. The summed E-state index contributed by atoms with van der Waals surface area (Å²) in [5, 5.41) is 0. The molecule has 2 aliphatic heterocycles. The van der Waals surface area contributed by atoms with Gasteiger partial charge < -0.3 is 14.7 Å². The fourth-order valence-corrected chi connectivity index (χ4v) is 3.67. The van der Waals surface area contributed by atoms with Crippen LogP contribution >= 0.6 is 0 Å². The van der Waals surface area contributed by atoms with Gasteiger partial charge in [0.25, 0.3) is 0 Å². The Balaban J connectivity index is 1.60. The summed E-state index contributed by atoms with van der Waals surface area (Å²) in [7, 11) is 0. The first-order valence-corrected chi connectivity index (χ1v) is 9.28. The maximum atomic E-state index is 12.8. The average Bonchev–Trinajstić information content (AvgIpc) is 2.95. The Morgan fingerprint density at radius 3 is 2.42 bits per heavy atom. The zero-order valence-corrected chi connectivity index (χ0v) is 15.8. The standard InChI is InChI=1S/C20H27N3O3/c1-14(2)11-22-12-16(10-18(22)24)20(26)21-8-9-23(19(25)13-21)17-6-4-15(3)5-7-17/h4-7,14,16H,8-13H2,1-3H3. The lowest BCUT2D eigenvalue weighted by atomic mass is 10.1. The molecule has 140 valence electrons. The average molecular weight is 357 g/mol. The second-order valence-corrected chi connectivity index (χ2v) is 7.73. The zero-order valence-electron chi connectivity index (χ0n) is 15.8. The summed E-state index contributed by atoms with van der Waals surface area (Å²) in [6.07, 6.45) is 0.262. The topological polar surface area (TPSA) is 60.9 Å². The first-order chi connectivity index (χ1) is 12.3. The van der Waals surface area contributed by atoms with Crippen molar-refractivity contribution in [1.29, 1.82) is 0 Å². The Kier molecular flexibility index (Phi) is 5.30. The summed E-state index contributed by atoms with van der Waals surface area (Å²) in [5.74, 6) is -0.0348. The lowest BCUT2D eigenvalue weighted by Gasteiger charge is -2.35. The van der Waals surface area contributed by atoms with Gasteiger partial charge in [-0.1, -0.05) is 31.5 Å². The highest BCUT2D eigenvalue weighted by Crippen LogP contribution is 2.23. The van der Waals surface area contributed by atoms with Gasteiger partial charge in [-0.2, -0.15) is 0 Å². The summed E-state index contributed by atoms with van der Waals surface area (Å²) in [6.45, 7) is 8.37. The predicted molar refractivity (Wildman–Crippen MR) is 99.6 cm³/mol. The molecule has 0 saturated carbocycles. The fraction of sp³-hybridized carbons (Fsp3) is 0.550. The van der Waals surface area contributed by atoms with Gasteiger partial charge in [0, 0.05) is 38.3 Å². The molecule has 26 heavy (non-hydrogen) atoms. The number of piperazine rings is 1. The molecule has 3 amide bonds. The maximum absolute atomic E-state index is 12.8. The van der Waals surface area contributed by atoms with Crippen molar-refractivity contribution >= 4 is 23.4 Å². The van der Waals surface area contributed by atoms with E-state index in [1.165, 1.54) is 0 Å². The van der Waals surface area contributed by atoms with Crippen molar-refractivity contribution in [3.63, 3.8) is 0 Å². The van der Waals surface area contributed by atoms with Gasteiger partial charge in [-0.15, -0.1) is 0 Å². The van der Waals surface area contributed by atoms with Gasteiger partial charge in [-0.25, -0.2) is 0 Å². The van der Waals surface area contributed by atoms with E-state index < -0.39 is 0 Å². The third-order valence-corrected chi connectivity index (χ3v) is 5.03. The Morgan fingerprint density at radius 1 is 1.12 bits per heavy atom. The molecule has 2 fully saturated rings. The lowest BCUT2D eigenvalue weighted by molar-refractivity contribution is -0.140. The van der Waals surface area contributed by atoms with Gasteiger partial charge >= 0.3 is 0 Å². The molecule has 6 nitrogen and oxygen atoms in total. The SMILES string of the molecule is Cc1ccc(N2CCN(C(=O)C3CC(=O)N(CC(C)C)C3)CC2=O)cc1. The third kappa shape index (κ3) is 3.89. The molecule has 0 bridgehead atoms. The van der Waals surface area contributed by atoms with Crippen molar-refractivity contribution in [2.75, 3.05) is 37.6 Å². The molecule has 2 saturated heterocycles. The number of anilines is 1. The molecule has 1 unspecified atom stereocenters. The molecule has 2 aliphatic rings. The van der Waals surface area contributed by atoms with E-state index in [0.717, 1.165) is 11.3 Å². The van der Waals surface area contributed by atoms with E-state index in [4.69, 9.17) is 0 Å². The molecular formula is C20H27N3O3. The monoisotopic (exact) mass is 357 g/mol. The highest BCUT2D eigenvalue weighted by molar-refractivity contribution is 5.99. The van der Waals surface area contributed by atoms with E-state index in [1.807, 2.05) is 31.2 Å². The quantitative estimate of drug-likeness (QED) is 0.824. The van der Waals surface area contributed by atoms with Crippen LogP contribution in [-0.4, -0.2) is 60.2 Å². The second kappa shape index (κ2) is 7.48. The number of aryl methyl sites for hydroxylation is 1. The largest absolute Gasteiger partial charge is 0.342 e. The molecule has 2 heterocycles. The number of likely N-dealkylation sites (tertiary alicyclic amines) is 1. The number of nitrogens with zero attached hydrogens (tertiary/aromatic N) is 3. The molecule has 1 aromatic carbocycles. The Bertz CT molecular complexity index is 699. The zero-order chi connectivity index (χ0) is 18.8. The van der Waals surface area contributed by atoms with Crippen LogP contribution in [0.15, 0.2) is 24.3 Å². The number of benzene rings is 1. The number of hydrogen-bond donors (Lipinski definition) is 0. The van der Waals surface area contributed by atoms with E-state index in [0.29, 0.717) is 32.1 Å². The van der Waals surface area contributed by atoms with Crippen molar-refractivity contribution in [3.05, 3.63) is 29.8 Å². The minimum Gasteiger partial charge on any atom is -0.342 e. The number of rotatable bonds is 4. The first-order valence-electron chi connectivity index (χ1n) is 9.28. The Morgan fingerprint density at radius 2 is 1.81 bits per heavy atom. The van der Waals surface area contributed by atoms with Gasteiger partial charge in [0.15, 0.2) is 0 Å². The third-order valence-electron chi connectivity index (χ3n) is 5.03. The smallest absolute Gasteiger partial charge is 0.246 e. The van der Waals surface area contributed by atoms with E-state index in [-0.39, 0.29) is 36.6 Å². The van der Waals surface area contributed by atoms with Crippen LogP contribution in [0.4, 0.5) is 5.69 Å². The summed E-state index contributed by atoms with van der Waals surface area (Å²) in [4.78, 5) is 42.6. The van der Waals surface area contributed by atoms with E-state index in [9.17, 15) is 14.4 Å². The second-order valence-electron chi connectivity index (χ2n) is 7.73. The van der Waals surface area contributed by atoms with Gasteiger partial charge in [-0.3, -0.25) is 14.4 Å². The van der Waals surface area contributed by atoms with Crippen LogP contribution in [0.2, 0.25) is 0 Å². The Labute approximate surface area is 154 Å². The predicted octanol–water partition coefficient (Wildman–Crippen LogP) is 1.67. The van der Waals surface area contributed by atoms with E-state index >= 15 is 0 Å². The fourth-order valence-electron chi connectivity index (χ4n) is 3.67. The molecule has 6 heteroatoms. The van der Waals surface area contributed by atoms with Gasteiger partial charge in [-0.05, 0) is 25.0 Å². The van der Waals surface area contributed by atoms with Crippen molar-refractivity contribution in [3.8, 4) is 0 Å². The highest BCUT2D eigenvalue weighted by atomic mass is 16.2. The molecule has 1 aromatic rings. The van der Waals surface area contributed by atoms with Crippen LogP contribution in [0, 0.1) is 18.8 Å². The van der Waals surface area contributed by atoms with Crippen molar-refractivity contribution in [2.24, 2.45) is 11.8 Å². The number of carbonyl (C=O) groups is 3. The van der Waals surface area contributed by atoms with Gasteiger partial charge in [0.2, 0.25) is 17.7 Å². The molecule has 0 aliphatic carbocycles. The van der Waals surface area contributed by atoms with Crippen LogP contribution in [0.3, 0.4) is 0 Å². The molecule has 0 N–H and O–H groups in total. The first kappa shape index (κ1) is 18.4. The van der Waals surface area contributed by atoms with Gasteiger partial charge in [0.05, 0.1) is 5.92 Å². The highest BCUT2D eigenvalue weighted by Gasteiger charge is 2.38. The Hall–Kier alpha value is -2.37. The van der Waals surface area contributed by atoms with Crippen LogP contribution in [0.25, 0.3) is 0 Å². The maximum Gasteiger partial charge on any atom is 0.246 e. The van der Waals surface area contributed by atoms with Crippen molar-refractivity contribution in [2.45, 2.75) is 27.2 Å². The van der Waals surface area contributed by atoms with Crippen LogP contribution in [-0.2, 0) is 14.4 Å². The minimum atomic E-state index is -0.319. The lowest BCUT2D eigenvalue weighted by Crippen LogP contribution is -2.54. The van der Waals surface area contributed by atoms with Crippen LogP contribution < -0.4 is 4.90 Å². The molecule has 1 atom stereocenters. The van der Waals surface area contributed by atoms with Gasteiger partial charge in [0.1, 0.15) is 6.54 Å². The molecule has 0 spiro atoms. The van der Waals surface area contributed by atoms with Crippen molar-refractivity contribution < 1.29 is 14.4 Å². The number of carbonyl (C=O) groups excluding carboxylic acids is 3. The van der Waals surface area contributed by atoms with E-state index in [2.05, 4.69) is 13.8 Å². The van der Waals surface area contributed by atoms with E-state index in [1.54, 1.807) is 14.7 Å². The summed E-state index contributed by atoms with van der Waals surface area (Å²) >= 11 is 0. The molecular weight excluding hydrogens is 330 g/mol. The molecule has 0 aromatic heterocycles. The molecule has 3 rings (SSSR count). The van der Waals surface area contributed by atoms with Crippen LogP contribution in [0.1, 0.15) is 25.8 Å².